The Kier molecular flexibility index (Phi) is 3.84. The molecule has 1 atom stereocenters. The minimum atomic E-state index is 0.111. The third-order valence-corrected chi connectivity index (χ3v) is 3.52. The largest absolute Gasteiger partial charge is 0.363 e. The molecule has 4 nitrogen and oxygen atoms in total. The molecule has 1 saturated heterocycles. The van der Waals surface area contributed by atoms with Gasteiger partial charge in [-0.1, -0.05) is 0 Å². The molecule has 2 heterocycles. The molecule has 18 heavy (non-hydrogen) atoms. The van der Waals surface area contributed by atoms with Gasteiger partial charge in [0.1, 0.15) is 5.82 Å². The molecule has 0 radical (unpaired) electrons. The van der Waals surface area contributed by atoms with Crippen LogP contribution in [0.15, 0.2) is 18.3 Å². The zero-order valence-corrected chi connectivity index (χ0v) is 11.4. The van der Waals surface area contributed by atoms with Crippen molar-refractivity contribution < 1.29 is 4.79 Å². The van der Waals surface area contributed by atoms with Gasteiger partial charge in [-0.15, -0.1) is 0 Å². The van der Waals surface area contributed by atoms with E-state index in [4.69, 9.17) is 0 Å². The number of carbonyl (C=O) groups is 1. The molecule has 0 aromatic carbocycles. The molecule has 2 rings (SSSR count). The molecule has 1 aromatic rings. The number of amides is 1. The van der Waals surface area contributed by atoms with Crippen LogP contribution < -0.4 is 4.90 Å². The molecule has 1 unspecified atom stereocenters. The van der Waals surface area contributed by atoms with Crippen LogP contribution in [0, 0.1) is 0 Å². The molecule has 4 heteroatoms. The zero-order chi connectivity index (χ0) is 13.1. The molecule has 0 saturated carbocycles. The normalized spacial score (nSPS) is 19.7. The maximum atomic E-state index is 12.4. The van der Waals surface area contributed by atoms with Crippen LogP contribution >= 0.6 is 0 Å². The number of hydrogen-bond donors (Lipinski definition) is 0. The van der Waals surface area contributed by atoms with Crippen molar-refractivity contribution in [3.8, 4) is 0 Å². The van der Waals surface area contributed by atoms with Crippen molar-refractivity contribution in [1.82, 2.24) is 9.88 Å². The lowest BCUT2D eigenvalue weighted by Crippen LogP contribution is -2.42. The Labute approximate surface area is 109 Å². The highest BCUT2D eigenvalue weighted by Crippen LogP contribution is 2.19. The van der Waals surface area contributed by atoms with E-state index in [1.165, 1.54) is 6.42 Å². The first-order chi connectivity index (χ1) is 8.59. The Morgan fingerprint density at radius 1 is 1.39 bits per heavy atom. The molecule has 0 N–H and O–H groups in total. The van der Waals surface area contributed by atoms with Gasteiger partial charge in [-0.25, -0.2) is 4.98 Å². The summed E-state index contributed by atoms with van der Waals surface area (Å²) in [5.74, 6) is 0.984. The Bertz CT molecular complexity index is 414. The highest BCUT2D eigenvalue weighted by Gasteiger charge is 2.24. The predicted molar refractivity (Wildman–Crippen MR) is 72.9 cm³/mol. The van der Waals surface area contributed by atoms with Gasteiger partial charge in [0, 0.05) is 32.9 Å². The van der Waals surface area contributed by atoms with E-state index in [1.54, 1.807) is 6.20 Å². The summed E-state index contributed by atoms with van der Waals surface area (Å²) in [6.07, 6.45) is 5.12. The first-order valence-corrected chi connectivity index (χ1v) is 6.54. The first kappa shape index (κ1) is 12.9. The number of pyridine rings is 1. The lowest BCUT2D eigenvalue weighted by molar-refractivity contribution is 0.0635. The average molecular weight is 247 g/mol. The maximum absolute atomic E-state index is 12.4. The van der Waals surface area contributed by atoms with Gasteiger partial charge >= 0.3 is 0 Å². The molecular weight excluding hydrogens is 226 g/mol. The van der Waals surface area contributed by atoms with Crippen LogP contribution in [0.4, 0.5) is 5.82 Å². The summed E-state index contributed by atoms with van der Waals surface area (Å²) < 4.78 is 0. The molecule has 1 amide bonds. The summed E-state index contributed by atoms with van der Waals surface area (Å²) in [5.41, 5.74) is 0.689. The summed E-state index contributed by atoms with van der Waals surface area (Å²) >= 11 is 0. The van der Waals surface area contributed by atoms with Gasteiger partial charge in [0.2, 0.25) is 0 Å². The first-order valence-electron chi connectivity index (χ1n) is 6.54. The van der Waals surface area contributed by atoms with Gasteiger partial charge in [0.15, 0.2) is 0 Å². The van der Waals surface area contributed by atoms with E-state index in [0.29, 0.717) is 11.6 Å². The van der Waals surface area contributed by atoms with E-state index in [1.807, 2.05) is 36.0 Å². The van der Waals surface area contributed by atoms with Crippen LogP contribution in [0.5, 0.6) is 0 Å². The second kappa shape index (κ2) is 5.38. The quantitative estimate of drug-likeness (QED) is 0.803. The van der Waals surface area contributed by atoms with Crippen molar-refractivity contribution in [3.05, 3.63) is 23.9 Å². The standard InChI is InChI=1S/C14H21N3O/c1-11-6-4-5-9-17(11)14(18)12-7-8-13(15-10-12)16(2)3/h7-8,10-11H,4-6,9H2,1-3H3. The van der Waals surface area contributed by atoms with E-state index in [9.17, 15) is 4.79 Å². The van der Waals surface area contributed by atoms with E-state index in [0.717, 1.165) is 25.2 Å². The summed E-state index contributed by atoms with van der Waals surface area (Å²) in [5, 5.41) is 0. The topological polar surface area (TPSA) is 36.4 Å². The van der Waals surface area contributed by atoms with E-state index < -0.39 is 0 Å². The molecule has 1 aliphatic rings. The fourth-order valence-corrected chi connectivity index (χ4v) is 2.34. The molecule has 1 fully saturated rings. The van der Waals surface area contributed by atoms with Gasteiger partial charge in [-0.2, -0.15) is 0 Å². The number of likely N-dealkylation sites (tertiary alicyclic amines) is 1. The second-order valence-electron chi connectivity index (χ2n) is 5.14. The highest BCUT2D eigenvalue weighted by molar-refractivity contribution is 5.94. The smallest absolute Gasteiger partial charge is 0.255 e. The van der Waals surface area contributed by atoms with E-state index in [2.05, 4.69) is 11.9 Å². The summed E-state index contributed by atoms with van der Waals surface area (Å²) in [6.45, 7) is 2.99. The molecule has 98 valence electrons. The molecule has 0 spiro atoms. The van der Waals surface area contributed by atoms with E-state index in [-0.39, 0.29) is 5.91 Å². The Morgan fingerprint density at radius 3 is 2.72 bits per heavy atom. The minimum absolute atomic E-state index is 0.111. The lowest BCUT2D eigenvalue weighted by Gasteiger charge is -2.33. The van der Waals surface area contributed by atoms with Crippen molar-refractivity contribution in [1.29, 1.82) is 0 Å². The minimum Gasteiger partial charge on any atom is -0.363 e. The molecule has 1 aliphatic heterocycles. The fourth-order valence-electron chi connectivity index (χ4n) is 2.34. The average Bonchev–Trinajstić information content (AvgIpc) is 2.38. The Balaban J connectivity index is 2.13. The number of anilines is 1. The number of aromatic nitrogens is 1. The van der Waals surface area contributed by atoms with Gasteiger partial charge < -0.3 is 9.80 Å². The zero-order valence-electron chi connectivity index (χ0n) is 11.4. The van der Waals surface area contributed by atoms with Crippen LogP contribution in [0.2, 0.25) is 0 Å². The van der Waals surface area contributed by atoms with Crippen molar-refractivity contribution in [2.75, 3.05) is 25.5 Å². The van der Waals surface area contributed by atoms with E-state index >= 15 is 0 Å². The third-order valence-electron chi connectivity index (χ3n) is 3.52. The number of rotatable bonds is 2. The summed E-state index contributed by atoms with van der Waals surface area (Å²) in [7, 11) is 3.88. The molecule has 1 aromatic heterocycles. The van der Waals surface area contributed by atoms with Gasteiger partial charge in [-0.05, 0) is 38.3 Å². The third kappa shape index (κ3) is 2.63. The van der Waals surface area contributed by atoms with Gasteiger partial charge in [0.05, 0.1) is 5.56 Å². The number of piperidine rings is 1. The van der Waals surface area contributed by atoms with Gasteiger partial charge in [-0.3, -0.25) is 4.79 Å². The van der Waals surface area contributed by atoms with Gasteiger partial charge in [0.25, 0.3) is 5.91 Å². The summed E-state index contributed by atoms with van der Waals surface area (Å²) in [6, 6.07) is 4.10. The second-order valence-corrected chi connectivity index (χ2v) is 5.14. The number of nitrogens with zero attached hydrogens (tertiary/aromatic N) is 3. The Morgan fingerprint density at radius 2 is 2.17 bits per heavy atom. The van der Waals surface area contributed by atoms with Crippen LogP contribution in [0.25, 0.3) is 0 Å². The van der Waals surface area contributed by atoms with Crippen molar-refractivity contribution in [2.45, 2.75) is 32.2 Å². The van der Waals surface area contributed by atoms with Crippen molar-refractivity contribution in [2.24, 2.45) is 0 Å². The molecule has 0 bridgehead atoms. The fraction of sp³-hybridized carbons (Fsp3) is 0.571. The van der Waals surface area contributed by atoms with Crippen molar-refractivity contribution >= 4 is 11.7 Å². The maximum Gasteiger partial charge on any atom is 0.255 e. The van der Waals surface area contributed by atoms with Crippen LogP contribution in [0.1, 0.15) is 36.5 Å². The van der Waals surface area contributed by atoms with Crippen LogP contribution in [-0.2, 0) is 0 Å². The molecular formula is C14H21N3O. The van der Waals surface area contributed by atoms with Crippen molar-refractivity contribution in [3.63, 3.8) is 0 Å². The highest BCUT2D eigenvalue weighted by atomic mass is 16.2. The number of hydrogen-bond acceptors (Lipinski definition) is 3. The van der Waals surface area contributed by atoms with Crippen LogP contribution in [0.3, 0.4) is 0 Å². The number of carbonyl (C=O) groups excluding carboxylic acids is 1. The lowest BCUT2D eigenvalue weighted by atomic mass is 10.0. The Hall–Kier alpha value is -1.58. The van der Waals surface area contributed by atoms with Crippen LogP contribution in [-0.4, -0.2) is 42.5 Å². The molecule has 0 aliphatic carbocycles. The summed E-state index contributed by atoms with van der Waals surface area (Å²) in [4.78, 5) is 20.6. The monoisotopic (exact) mass is 247 g/mol. The SMILES string of the molecule is CC1CCCCN1C(=O)c1ccc(N(C)C)nc1. The predicted octanol–water partition coefficient (Wildman–Crippen LogP) is 2.16.